The quantitative estimate of drug-likeness (QED) is 0.231. The number of pyridine rings is 1. The molecule has 0 fully saturated rings. The number of rotatable bonds is 7. The zero-order chi connectivity index (χ0) is 26.7. The van der Waals surface area contributed by atoms with Crippen LogP contribution in [0, 0.1) is 0 Å². The van der Waals surface area contributed by atoms with Gasteiger partial charge >= 0.3 is 6.18 Å². The predicted molar refractivity (Wildman–Crippen MR) is 133 cm³/mol. The van der Waals surface area contributed by atoms with E-state index in [1.807, 2.05) is 0 Å². The number of nitrogens with one attached hydrogen (secondary N) is 3. The minimum atomic E-state index is -4.66. The van der Waals surface area contributed by atoms with Crippen LogP contribution in [0.5, 0.6) is 11.5 Å². The molecule has 0 aliphatic rings. The van der Waals surface area contributed by atoms with Gasteiger partial charge in [-0.2, -0.15) is 13.2 Å². The summed E-state index contributed by atoms with van der Waals surface area (Å²) in [6, 6.07) is 11.8. The molecule has 0 bridgehead atoms. The van der Waals surface area contributed by atoms with Gasteiger partial charge in [0.25, 0.3) is 5.91 Å². The minimum absolute atomic E-state index is 0.148. The first-order valence-electron chi connectivity index (χ1n) is 11.2. The summed E-state index contributed by atoms with van der Waals surface area (Å²) in [6.45, 7) is 3.40. The Kier molecular flexibility index (Phi) is 7.16. The molecule has 0 aliphatic carbocycles. The number of hydrogen-bond donors (Lipinski definition) is 4. The third-order valence-corrected chi connectivity index (χ3v) is 5.31. The molecule has 4 N–H and O–H groups in total. The van der Waals surface area contributed by atoms with Crippen LogP contribution in [0.4, 0.5) is 24.8 Å². The molecular formula is C26H24F3N5O3. The number of anilines is 2. The number of carbonyl (C=O) groups excluding carboxylic acids is 1. The zero-order valence-electron chi connectivity index (χ0n) is 20.1. The van der Waals surface area contributed by atoms with Crippen LogP contribution >= 0.6 is 0 Å². The zero-order valence-corrected chi connectivity index (χ0v) is 20.1. The Morgan fingerprint density at radius 1 is 1.11 bits per heavy atom. The van der Waals surface area contributed by atoms with Crippen molar-refractivity contribution < 1.29 is 27.8 Å². The number of fused-ring (bicyclic) bond motifs is 1. The number of hydrogen-bond acceptors (Lipinski definition) is 6. The average Bonchev–Trinajstić information content (AvgIpc) is 3.24. The molecule has 2 aromatic carbocycles. The Morgan fingerprint density at radius 3 is 2.57 bits per heavy atom. The number of halogens is 3. The summed E-state index contributed by atoms with van der Waals surface area (Å²) in [5.74, 6) is 0.733. The van der Waals surface area contributed by atoms with Crippen LogP contribution in [0.15, 0.2) is 66.4 Å². The molecule has 2 heterocycles. The van der Waals surface area contributed by atoms with Gasteiger partial charge in [0, 0.05) is 31.1 Å². The van der Waals surface area contributed by atoms with Gasteiger partial charge in [-0.05, 0) is 49.7 Å². The van der Waals surface area contributed by atoms with Crippen LogP contribution in [0.25, 0.3) is 11.0 Å². The van der Waals surface area contributed by atoms with Crippen LogP contribution in [0.3, 0.4) is 0 Å². The van der Waals surface area contributed by atoms with Crippen molar-refractivity contribution in [3.8, 4) is 11.5 Å². The normalized spacial score (nSPS) is 12.2. The molecule has 4 aromatic rings. The van der Waals surface area contributed by atoms with Gasteiger partial charge in [0.2, 0.25) is 5.95 Å². The van der Waals surface area contributed by atoms with Crippen molar-refractivity contribution in [2.24, 2.45) is 0 Å². The molecule has 2 aromatic heterocycles. The van der Waals surface area contributed by atoms with E-state index in [0.29, 0.717) is 28.1 Å². The number of alkyl halides is 3. The van der Waals surface area contributed by atoms with Gasteiger partial charge in [-0.25, -0.2) is 4.98 Å². The summed E-state index contributed by atoms with van der Waals surface area (Å²) < 4.78 is 47.0. The van der Waals surface area contributed by atoms with E-state index in [1.165, 1.54) is 37.5 Å². The Bertz CT molecular complexity index is 1480. The van der Waals surface area contributed by atoms with E-state index in [1.54, 1.807) is 38.1 Å². The van der Waals surface area contributed by atoms with Gasteiger partial charge in [0.1, 0.15) is 17.2 Å². The topological polar surface area (TPSA) is 112 Å². The van der Waals surface area contributed by atoms with E-state index in [2.05, 4.69) is 25.6 Å². The number of aromatic nitrogens is 3. The van der Waals surface area contributed by atoms with E-state index < -0.39 is 17.8 Å². The average molecular weight is 512 g/mol. The van der Waals surface area contributed by atoms with Crippen molar-refractivity contribution in [2.75, 3.05) is 12.4 Å². The first-order valence-corrected chi connectivity index (χ1v) is 11.2. The Hall–Kier alpha value is -4.38. The fourth-order valence-electron chi connectivity index (χ4n) is 3.65. The molecule has 0 radical (unpaired) electrons. The smallest absolute Gasteiger partial charge is 0.416 e. The lowest BCUT2D eigenvalue weighted by atomic mass is 9.99. The molecule has 1 atom stereocenters. The highest BCUT2D eigenvalue weighted by molar-refractivity contribution is 5.92. The van der Waals surface area contributed by atoms with Gasteiger partial charge in [0.05, 0.1) is 22.7 Å². The van der Waals surface area contributed by atoms with E-state index >= 15 is 0 Å². The lowest BCUT2D eigenvalue weighted by Gasteiger charge is -2.17. The Balaban J connectivity index is 1.57. The number of imidazole rings is 1. The number of carbonyl (C=O) groups is 1. The highest BCUT2D eigenvalue weighted by Crippen LogP contribution is 2.37. The van der Waals surface area contributed by atoms with Crippen LogP contribution < -0.4 is 15.4 Å². The lowest BCUT2D eigenvalue weighted by Crippen LogP contribution is -2.18. The molecule has 192 valence electrons. The predicted octanol–water partition coefficient (Wildman–Crippen LogP) is 5.87. The van der Waals surface area contributed by atoms with Crippen LogP contribution in [-0.2, 0) is 6.18 Å². The molecule has 0 spiro atoms. The number of aromatic amines is 1. The summed E-state index contributed by atoms with van der Waals surface area (Å²) >= 11 is 0. The second-order valence-corrected chi connectivity index (χ2v) is 8.44. The van der Waals surface area contributed by atoms with Crippen LogP contribution in [-0.4, -0.2) is 33.0 Å². The maximum atomic E-state index is 13.7. The highest BCUT2D eigenvalue weighted by atomic mass is 19.4. The molecule has 11 heteroatoms. The van der Waals surface area contributed by atoms with Crippen LogP contribution in [0.1, 0.15) is 41.6 Å². The Morgan fingerprint density at radius 2 is 1.86 bits per heavy atom. The first kappa shape index (κ1) is 25.7. The number of aliphatic hydroxyl groups is 1. The highest BCUT2D eigenvalue weighted by Gasteiger charge is 2.35. The van der Waals surface area contributed by atoms with E-state index in [-0.39, 0.29) is 28.8 Å². The summed E-state index contributed by atoms with van der Waals surface area (Å²) in [7, 11) is 1.50. The number of allylic oxidation sites excluding steroid dienone is 1. The Labute approximate surface area is 210 Å². The minimum Gasteiger partial charge on any atom is -0.457 e. The van der Waals surface area contributed by atoms with Gasteiger partial charge in [0.15, 0.2) is 0 Å². The molecule has 4 rings (SSSR count). The maximum Gasteiger partial charge on any atom is 0.416 e. The summed E-state index contributed by atoms with van der Waals surface area (Å²) in [4.78, 5) is 23.2. The van der Waals surface area contributed by atoms with Crippen molar-refractivity contribution in [3.05, 3.63) is 83.2 Å². The van der Waals surface area contributed by atoms with E-state index in [9.17, 15) is 23.1 Å². The SMILES string of the molecule is CNC(=O)c1cc(Oc2ccc3nc(Nc4ccc(C(O)C=C(C)C)c(C(F)(F)F)c4)[nH]c3c2)ccn1. The van der Waals surface area contributed by atoms with Crippen molar-refractivity contribution in [3.63, 3.8) is 0 Å². The number of benzene rings is 2. The summed E-state index contributed by atoms with van der Waals surface area (Å²) in [6.07, 6.45) is -3.22. The van der Waals surface area contributed by atoms with Crippen LogP contribution in [0.2, 0.25) is 0 Å². The number of H-pyrrole nitrogens is 1. The number of nitrogens with zero attached hydrogens (tertiary/aromatic N) is 2. The summed E-state index contributed by atoms with van der Waals surface area (Å²) in [5.41, 5.74) is 1.00. The molecule has 1 amide bonds. The third kappa shape index (κ3) is 6.07. The van der Waals surface area contributed by atoms with Gasteiger partial charge in [-0.1, -0.05) is 17.7 Å². The lowest BCUT2D eigenvalue weighted by molar-refractivity contribution is -0.138. The van der Waals surface area contributed by atoms with Crippen molar-refractivity contribution in [2.45, 2.75) is 26.1 Å². The second kappa shape index (κ2) is 10.3. The van der Waals surface area contributed by atoms with E-state index in [0.717, 1.165) is 6.07 Å². The largest absolute Gasteiger partial charge is 0.457 e. The van der Waals surface area contributed by atoms with Gasteiger partial charge in [-0.3, -0.25) is 9.78 Å². The first-order chi connectivity index (χ1) is 17.5. The van der Waals surface area contributed by atoms with Crippen molar-refractivity contribution >= 4 is 28.6 Å². The fourth-order valence-corrected chi connectivity index (χ4v) is 3.65. The standard InChI is InChI=1S/C26H24F3N5O3/c1-14(2)10-23(35)18-6-4-15(11-19(18)26(27,28)29)32-25-33-20-7-5-16(12-21(20)34-25)37-17-8-9-31-22(13-17)24(36)30-3/h4-13,23,35H,1-3H3,(H,30,36)(H2,32,33,34). The monoisotopic (exact) mass is 511 g/mol. The molecule has 8 nitrogen and oxygen atoms in total. The number of ether oxygens (including phenoxy) is 1. The molecular weight excluding hydrogens is 487 g/mol. The molecule has 0 saturated heterocycles. The molecule has 0 saturated carbocycles. The fraction of sp³-hybridized carbons (Fsp3) is 0.192. The second-order valence-electron chi connectivity index (χ2n) is 8.44. The van der Waals surface area contributed by atoms with Gasteiger partial charge in [-0.15, -0.1) is 0 Å². The summed E-state index contributed by atoms with van der Waals surface area (Å²) in [5, 5.41) is 15.6. The number of amides is 1. The van der Waals surface area contributed by atoms with Crippen molar-refractivity contribution in [1.82, 2.24) is 20.3 Å². The maximum absolute atomic E-state index is 13.7. The third-order valence-electron chi connectivity index (χ3n) is 5.31. The number of aliphatic hydroxyl groups excluding tert-OH is 1. The molecule has 1 unspecified atom stereocenters. The van der Waals surface area contributed by atoms with Crippen molar-refractivity contribution in [1.29, 1.82) is 0 Å². The van der Waals surface area contributed by atoms with Gasteiger partial charge < -0.3 is 25.5 Å². The van der Waals surface area contributed by atoms with E-state index in [4.69, 9.17) is 4.74 Å². The molecule has 37 heavy (non-hydrogen) atoms. The molecule has 0 aliphatic heterocycles.